The van der Waals surface area contributed by atoms with Gasteiger partial charge in [-0.25, -0.2) is 4.98 Å². The summed E-state index contributed by atoms with van der Waals surface area (Å²) < 4.78 is 1.83. The molecule has 2 aromatic heterocycles. The number of nitrogens with zero attached hydrogens (tertiary/aromatic N) is 2. The van der Waals surface area contributed by atoms with E-state index in [4.69, 9.17) is 4.98 Å². The molecule has 0 N–H and O–H groups in total. The van der Waals surface area contributed by atoms with Crippen LogP contribution >= 0.6 is 0 Å². The van der Waals surface area contributed by atoms with Crippen LogP contribution in [0.3, 0.4) is 0 Å². The largest absolute Gasteiger partial charge is 0.268 e. The fourth-order valence-electron chi connectivity index (χ4n) is 6.15. The molecule has 184 valence electrons. The molecular weight excluding hydrogens is 476 g/mol. The third kappa shape index (κ3) is 3.30. The Morgan fingerprint density at radius 2 is 1.41 bits per heavy atom. The van der Waals surface area contributed by atoms with Crippen molar-refractivity contribution in [2.75, 3.05) is 0 Å². The molecule has 3 nitrogen and oxygen atoms in total. The first-order chi connectivity index (χ1) is 19.3. The molecule has 3 heteroatoms. The van der Waals surface area contributed by atoms with Crippen molar-refractivity contribution in [1.29, 1.82) is 0 Å². The number of benzene rings is 5. The molecule has 1 aliphatic carbocycles. The lowest BCUT2D eigenvalue weighted by Gasteiger charge is -2.12. The molecule has 0 saturated carbocycles. The van der Waals surface area contributed by atoms with Gasteiger partial charge in [-0.05, 0) is 70.3 Å². The SMILES string of the molecule is O=c1c2cccc3c(-c4ccccc4)ccc(c32)c2nc3c(C4=CCCC=C4)cc(-c4ccccc4)cc3n12. The maximum absolute atomic E-state index is 14.2. The van der Waals surface area contributed by atoms with E-state index < -0.39 is 0 Å². The summed E-state index contributed by atoms with van der Waals surface area (Å²) in [5.74, 6) is 0. The number of hydrogen-bond acceptors (Lipinski definition) is 2. The summed E-state index contributed by atoms with van der Waals surface area (Å²) in [5, 5.41) is 3.77. The first-order valence-corrected chi connectivity index (χ1v) is 13.4. The number of aromatic nitrogens is 2. The van der Waals surface area contributed by atoms with Crippen LogP contribution in [-0.4, -0.2) is 9.38 Å². The van der Waals surface area contributed by atoms with E-state index in [1.165, 1.54) is 0 Å². The van der Waals surface area contributed by atoms with Crippen LogP contribution in [-0.2, 0) is 0 Å². The van der Waals surface area contributed by atoms with Gasteiger partial charge < -0.3 is 0 Å². The average Bonchev–Trinajstić information content (AvgIpc) is 3.40. The Labute approximate surface area is 225 Å². The molecule has 0 aliphatic heterocycles. The Balaban J connectivity index is 1.52. The summed E-state index contributed by atoms with van der Waals surface area (Å²) in [6.07, 6.45) is 8.74. The number of hydrogen-bond donors (Lipinski definition) is 0. The summed E-state index contributed by atoms with van der Waals surface area (Å²) >= 11 is 0. The highest BCUT2D eigenvalue weighted by molar-refractivity contribution is 6.19. The number of allylic oxidation sites excluding steroid dienone is 4. The minimum Gasteiger partial charge on any atom is -0.268 e. The van der Waals surface area contributed by atoms with Crippen molar-refractivity contribution in [3.63, 3.8) is 0 Å². The average molecular weight is 501 g/mol. The minimum absolute atomic E-state index is 0.0276. The van der Waals surface area contributed by atoms with E-state index in [1.54, 1.807) is 0 Å². The number of imidazole rings is 1. The van der Waals surface area contributed by atoms with Crippen LogP contribution in [0.25, 0.3) is 66.1 Å². The van der Waals surface area contributed by atoms with Crippen molar-refractivity contribution in [3.8, 4) is 22.3 Å². The first-order valence-electron chi connectivity index (χ1n) is 13.4. The lowest BCUT2D eigenvalue weighted by atomic mass is 9.94. The Bertz CT molecular complexity index is 2170. The van der Waals surface area contributed by atoms with Crippen molar-refractivity contribution < 1.29 is 0 Å². The Hall–Kier alpha value is -5.02. The molecule has 1 aliphatic rings. The van der Waals surface area contributed by atoms with E-state index >= 15 is 0 Å². The molecular formula is C36H24N2O. The van der Waals surface area contributed by atoms with E-state index in [1.807, 2.05) is 28.7 Å². The van der Waals surface area contributed by atoms with Crippen LogP contribution in [0, 0.1) is 0 Å². The van der Waals surface area contributed by atoms with Gasteiger partial charge >= 0.3 is 0 Å². The van der Waals surface area contributed by atoms with Gasteiger partial charge in [0.25, 0.3) is 5.56 Å². The fourth-order valence-corrected chi connectivity index (χ4v) is 6.15. The molecule has 39 heavy (non-hydrogen) atoms. The molecule has 0 bridgehead atoms. The molecule has 0 spiro atoms. The van der Waals surface area contributed by atoms with E-state index in [0.717, 1.165) is 78.8 Å². The van der Waals surface area contributed by atoms with Crippen LogP contribution in [0.4, 0.5) is 0 Å². The molecule has 0 unspecified atom stereocenters. The molecule has 0 saturated heterocycles. The van der Waals surface area contributed by atoms with Gasteiger partial charge in [0, 0.05) is 21.7 Å². The summed E-state index contributed by atoms with van der Waals surface area (Å²) in [5.41, 5.74) is 9.09. The van der Waals surface area contributed by atoms with Gasteiger partial charge in [0.15, 0.2) is 0 Å². The molecule has 0 amide bonds. The Kier molecular flexibility index (Phi) is 4.80. The zero-order valence-corrected chi connectivity index (χ0v) is 21.3. The van der Waals surface area contributed by atoms with Gasteiger partial charge in [-0.1, -0.05) is 97.1 Å². The van der Waals surface area contributed by atoms with Gasteiger partial charge in [0.05, 0.1) is 11.0 Å². The van der Waals surface area contributed by atoms with E-state index in [-0.39, 0.29) is 5.56 Å². The van der Waals surface area contributed by atoms with Crippen molar-refractivity contribution in [1.82, 2.24) is 9.38 Å². The van der Waals surface area contributed by atoms with Crippen molar-refractivity contribution >= 4 is 43.8 Å². The van der Waals surface area contributed by atoms with E-state index in [9.17, 15) is 4.79 Å². The van der Waals surface area contributed by atoms with Crippen molar-refractivity contribution in [2.45, 2.75) is 12.8 Å². The van der Waals surface area contributed by atoms with Crippen molar-refractivity contribution in [2.24, 2.45) is 0 Å². The summed E-state index contributed by atoms with van der Waals surface area (Å²) in [7, 11) is 0. The molecule has 0 atom stereocenters. The number of fused-ring (bicyclic) bond motifs is 4. The molecule has 5 aromatic carbocycles. The van der Waals surface area contributed by atoms with E-state index in [2.05, 4.69) is 97.1 Å². The quantitative estimate of drug-likeness (QED) is 0.243. The maximum Gasteiger partial charge on any atom is 0.264 e. The fraction of sp³-hybridized carbons (Fsp3) is 0.0556. The molecule has 2 heterocycles. The van der Waals surface area contributed by atoms with Crippen LogP contribution in [0.5, 0.6) is 0 Å². The van der Waals surface area contributed by atoms with Gasteiger partial charge in [0.1, 0.15) is 5.65 Å². The second kappa shape index (κ2) is 8.50. The third-order valence-corrected chi connectivity index (χ3v) is 7.97. The highest BCUT2D eigenvalue weighted by Gasteiger charge is 2.21. The first kappa shape index (κ1) is 22.0. The molecule has 8 rings (SSSR count). The van der Waals surface area contributed by atoms with Crippen LogP contribution in [0.15, 0.2) is 126 Å². The van der Waals surface area contributed by atoms with Crippen molar-refractivity contribution in [3.05, 3.63) is 137 Å². The highest BCUT2D eigenvalue weighted by atomic mass is 16.1. The molecule has 0 fully saturated rings. The zero-order chi connectivity index (χ0) is 25.9. The zero-order valence-electron chi connectivity index (χ0n) is 21.3. The lowest BCUT2D eigenvalue weighted by molar-refractivity contribution is 1.04. The summed E-state index contributed by atoms with van der Waals surface area (Å²) in [6, 6.07) is 35.4. The smallest absolute Gasteiger partial charge is 0.264 e. The van der Waals surface area contributed by atoms with E-state index in [0.29, 0.717) is 5.65 Å². The second-order valence-corrected chi connectivity index (χ2v) is 10.2. The lowest BCUT2D eigenvalue weighted by Crippen LogP contribution is -2.13. The summed E-state index contributed by atoms with van der Waals surface area (Å²) in [6.45, 7) is 0. The monoisotopic (exact) mass is 500 g/mol. The second-order valence-electron chi connectivity index (χ2n) is 10.2. The van der Waals surface area contributed by atoms with Crippen LogP contribution in [0.2, 0.25) is 0 Å². The topological polar surface area (TPSA) is 34.4 Å². The van der Waals surface area contributed by atoms with Gasteiger partial charge in [0.2, 0.25) is 0 Å². The van der Waals surface area contributed by atoms with Crippen LogP contribution < -0.4 is 5.56 Å². The number of rotatable bonds is 3. The maximum atomic E-state index is 14.2. The molecule has 0 radical (unpaired) electrons. The third-order valence-electron chi connectivity index (χ3n) is 7.97. The minimum atomic E-state index is -0.0276. The highest BCUT2D eigenvalue weighted by Crippen LogP contribution is 2.38. The van der Waals surface area contributed by atoms with Gasteiger partial charge in [-0.2, -0.15) is 0 Å². The number of pyridine rings is 1. The molecule has 7 aromatic rings. The van der Waals surface area contributed by atoms with Gasteiger partial charge in [-0.15, -0.1) is 0 Å². The standard InChI is InChI=1S/C36H24N2O/c39-36-30-18-10-17-28-27(24-13-6-2-7-14-24)19-20-29(33(28)30)35-37-34-31(25-15-8-3-9-16-25)21-26(22-32(34)38(35)36)23-11-4-1-5-12-23/h1-2,4-8,10-22H,3,9H2. The normalized spacial score (nSPS) is 13.6. The Morgan fingerprint density at radius 3 is 2.18 bits per heavy atom. The summed E-state index contributed by atoms with van der Waals surface area (Å²) in [4.78, 5) is 19.5. The Morgan fingerprint density at radius 1 is 0.641 bits per heavy atom. The van der Waals surface area contributed by atoms with Gasteiger partial charge in [-0.3, -0.25) is 9.20 Å². The van der Waals surface area contributed by atoms with Crippen LogP contribution in [0.1, 0.15) is 18.4 Å². The predicted octanol–water partition coefficient (Wildman–Crippen LogP) is 8.66. The predicted molar refractivity (Wildman–Crippen MR) is 162 cm³/mol.